The van der Waals surface area contributed by atoms with Gasteiger partial charge < -0.3 is 34.8 Å². The van der Waals surface area contributed by atoms with Gasteiger partial charge in [0.05, 0.1) is 6.10 Å². The molecular formula is C46H67N5O8. The summed E-state index contributed by atoms with van der Waals surface area (Å²) in [6.45, 7) is 10.6. The standard InChI is InChI=1S/C46H67N5O8/c1-11-36-26-31(4)27-39(53)48(7)25-19-18-20-32(5)42(54)47-40(30(2)3)44(56)49(8)37(28-34-21-14-12-15-22-34)43(55)51(10)41(33(6)52)45(57)50(9)38(46(58)59-36)29-35-23-16-13-17-24-35/h12-17,19,21-25,30-33,36-38,40-41,52H,11,18,20,26-29H2,1-10H3,(H,47,54)/b25-19+/t31?,32?,33?,36?,37-,38-,40+,41-/m0/s1. The van der Waals surface area contributed by atoms with Gasteiger partial charge in [0.2, 0.25) is 29.5 Å². The molecule has 2 N–H and O–H groups in total. The number of allylic oxidation sites excluding steroid dienone is 1. The summed E-state index contributed by atoms with van der Waals surface area (Å²) in [4.78, 5) is 89.8. The molecular weight excluding hydrogens is 751 g/mol. The van der Waals surface area contributed by atoms with Gasteiger partial charge >= 0.3 is 5.97 Å². The molecule has 0 radical (unpaired) electrons. The molecule has 0 saturated carbocycles. The summed E-state index contributed by atoms with van der Waals surface area (Å²) < 4.78 is 6.09. The Labute approximate surface area is 351 Å². The molecule has 0 fully saturated rings. The molecule has 8 atom stereocenters. The van der Waals surface area contributed by atoms with E-state index < -0.39 is 66.0 Å². The fourth-order valence-corrected chi connectivity index (χ4v) is 7.36. The van der Waals surface area contributed by atoms with Crippen molar-refractivity contribution in [2.45, 2.75) is 123 Å². The van der Waals surface area contributed by atoms with Crippen LogP contribution in [0.5, 0.6) is 0 Å². The number of hydrogen-bond acceptors (Lipinski definition) is 8. The maximum Gasteiger partial charge on any atom is 0.329 e. The number of hydrogen-bond donors (Lipinski definition) is 2. The Kier molecular flexibility index (Phi) is 18.8. The van der Waals surface area contributed by atoms with Gasteiger partial charge in [-0.25, -0.2) is 4.79 Å². The Balaban J connectivity index is 2.13. The van der Waals surface area contributed by atoms with E-state index in [1.54, 1.807) is 20.2 Å². The second kappa shape index (κ2) is 22.9. The van der Waals surface area contributed by atoms with E-state index in [0.29, 0.717) is 25.7 Å². The van der Waals surface area contributed by atoms with Crippen LogP contribution < -0.4 is 5.32 Å². The summed E-state index contributed by atoms with van der Waals surface area (Å²) in [6, 6.07) is 13.6. The Bertz CT molecular complexity index is 1730. The van der Waals surface area contributed by atoms with Gasteiger partial charge in [0.1, 0.15) is 30.3 Å². The van der Waals surface area contributed by atoms with Gasteiger partial charge in [-0.2, -0.15) is 0 Å². The topological polar surface area (TPSA) is 157 Å². The van der Waals surface area contributed by atoms with Crippen molar-refractivity contribution >= 4 is 35.5 Å². The van der Waals surface area contributed by atoms with Crippen molar-refractivity contribution in [3.8, 4) is 0 Å². The van der Waals surface area contributed by atoms with E-state index in [4.69, 9.17) is 4.74 Å². The zero-order chi connectivity index (χ0) is 44.0. The number of carbonyl (C=O) groups excluding carboxylic acids is 6. The molecule has 59 heavy (non-hydrogen) atoms. The fraction of sp³-hybridized carbons (Fsp3) is 0.565. The zero-order valence-electron chi connectivity index (χ0n) is 36.7. The van der Waals surface area contributed by atoms with Crippen LogP contribution in [0.4, 0.5) is 0 Å². The van der Waals surface area contributed by atoms with E-state index in [0.717, 1.165) is 16.0 Å². The number of nitrogens with zero attached hydrogens (tertiary/aromatic N) is 4. The van der Waals surface area contributed by atoms with Crippen molar-refractivity contribution in [1.82, 2.24) is 24.9 Å². The summed E-state index contributed by atoms with van der Waals surface area (Å²) in [5.74, 6) is -3.83. The number of aliphatic hydroxyl groups is 1. The Morgan fingerprint density at radius 3 is 1.83 bits per heavy atom. The first-order valence-electron chi connectivity index (χ1n) is 20.9. The van der Waals surface area contributed by atoms with E-state index in [2.05, 4.69) is 5.32 Å². The summed E-state index contributed by atoms with van der Waals surface area (Å²) >= 11 is 0. The summed E-state index contributed by atoms with van der Waals surface area (Å²) in [5, 5.41) is 14.1. The van der Waals surface area contributed by atoms with Crippen molar-refractivity contribution in [2.24, 2.45) is 17.8 Å². The van der Waals surface area contributed by atoms with Crippen LogP contribution in [-0.2, 0) is 46.3 Å². The quantitative estimate of drug-likeness (QED) is 0.384. The molecule has 3 rings (SSSR count). The molecule has 0 bridgehead atoms. The summed E-state index contributed by atoms with van der Waals surface area (Å²) in [5.41, 5.74) is 1.52. The van der Waals surface area contributed by atoms with Gasteiger partial charge in [-0.1, -0.05) is 101 Å². The van der Waals surface area contributed by atoms with Crippen LogP contribution in [0, 0.1) is 17.8 Å². The molecule has 0 aromatic heterocycles. The Morgan fingerprint density at radius 2 is 1.31 bits per heavy atom. The highest BCUT2D eigenvalue weighted by Crippen LogP contribution is 2.22. The minimum absolute atomic E-state index is 0.0844. The third kappa shape index (κ3) is 13.8. The third-order valence-electron chi connectivity index (χ3n) is 11.3. The van der Waals surface area contributed by atoms with E-state index in [1.807, 2.05) is 94.4 Å². The Morgan fingerprint density at radius 1 is 0.763 bits per heavy atom. The first-order valence-corrected chi connectivity index (χ1v) is 20.9. The van der Waals surface area contributed by atoms with Gasteiger partial charge in [-0.15, -0.1) is 0 Å². The fourth-order valence-electron chi connectivity index (χ4n) is 7.36. The molecule has 0 spiro atoms. The normalized spacial score (nSPS) is 26.9. The molecule has 4 unspecified atom stereocenters. The SMILES string of the molecule is CCC1CC(C)CC(=O)N(C)/C=C/CCC(C)C(=O)N[C@H](C(C)C)C(=O)N(C)[C@@H](Cc2ccccc2)C(=O)N(C)[C@@H](C(C)O)C(=O)N(C)[C@@H](Cc2ccccc2)C(=O)O1. The number of aliphatic hydroxyl groups excluding tert-OH is 1. The van der Waals surface area contributed by atoms with Gasteiger partial charge in [-0.05, 0) is 55.6 Å². The smallest absolute Gasteiger partial charge is 0.329 e. The van der Waals surface area contributed by atoms with E-state index in [1.165, 1.54) is 42.8 Å². The first-order chi connectivity index (χ1) is 27.9. The van der Waals surface area contributed by atoms with E-state index in [-0.39, 0.29) is 42.9 Å². The lowest BCUT2D eigenvalue weighted by molar-refractivity contribution is -0.163. The van der Waals surface area contributed by atoms with Gasteiger partial charge in [0, 0.05) is 59.6 Å². The monoisotopic (exact) mass is 817 g/mol. The van der Waals surface area contributed by atoms with Crippen molar-refractivity contribution < 1.29 is 38.6 Å². The molecule has 2 aromatic rings. The van der Waals surface area contributed by atoms with Crippen LogP contribution in [0.2, 0.25) is 0 Å². The van der Waals surface area contributed by atoms with Crippen LogP contribution >= 0.6 is 0 Å². The number of esters is 1. The van der Waals surface area contributed by atoms with Crippen molar-refractivity contribution in [2.75, 3.05) is 28.2 Å². The lowest BCUT2D eigenvalue weighted by Crippen LogP contribution is -2.62. The van der Waals surface area contributed by atoms with Gasteiger partial charge in [0.15, 0.2) is 0 Å². The van der Waals surface area contributed by atoms with Crippen molar-refractivity contribution in [3.63, 3.8) is 0 Å². The molecule has 0 saturated heterocycles. The number of carbonyl (C=O) groups is 6. The molecule has 0 aliphatic carbocycles. The average Bonchev–Trinajstić information content (AvgIpc) is 3.20. The van der Waals surface area contributed by atoms with Crippen LogP contribution in [-0.4, -0.2) is 125 Å². The number of rotatable bonds is 7. The number of ether oxygens (including phenoxy) is 1. The highest BCUT2D eigenvalue weighted by molar-refractivity contribution is 5.95. The molecule has 2 aromatic carbocycles. The van der Waals surface area contributed by atoms with Gasteiger partial charge in [-0.3, -0.25) is 24.0 Å². The molecule has 1 heterocycles. The molecule has 1 aliphatic rings. The molecule has 13 nitrogen and oxygen atoms in total. The molecule has 5 amide bonds. The second-order valence-electron chi connectivity index (χ2n) is 16.6. The number of amides is 5. The maximum atomic E-state index is 14.7. The predicted molar refractivity (Wildman–Crippen MR) is 227 cm³/mol. The number of likely N-dealkylation sites (N-methyl/N-ethyl adjacent to an activating group) is 3. The highest BCUT2D eigenvalue weighted by atomic mass is 16.5. The lowest BCUT2D eigenvalue weighted by atomic mass is 9.97. The summed E-state index contributed by atoms with van der Waals surface area (Å²) in [7, 11) is 6.04. The molecule has 324 valence electrons. The maximum absolute atomic E-state index is 14.7. The Hall–Kier alpha value is -5.04. The van der Waals surface area contributed by atoms with Crippen LogP contribution in [0.25, 0.3) is 0 Å². The van der Waals surface area contributed by atoms with E-state index >= 15 is 0 Å². The number of benzene rings is 2. The van der Waals surface area contributed by atoms with Gasteiger partial charge in [0.25, 0.3) is 0 Å². The predicted octanol–water partition coefficient (Wildman–Crippen LogP) is 4.61. The minimum Gasteiger partial charge on any atom is -0.461 e. The highest BCUT2D eigenvalue weighted by Gasteiger charge is 2.42. The van der Waals surface area contributed by atoms with Crippen LogP contribution in [0.15, 0.2) is 72.9 Å². The molecule has 13 heteroatoms. The zero-order valence-corrected chi connectivity index (χ0v) is 36.7. The van der Waals surface area contributed by atoms with Crippen molar-refractivity contribution in [3.05, 3.63) is 84.1 Å². The minimum atomic E-state index is -1.45. The first kappa shape index (κ1) is 48.3. The average molecular weight is 818 g/mol. The number of cyclic esters (lactones) is 1. The second-order valence-corrected chi connectivity index (χ2v) is 16.6. The van der Waals surface area contributed by atoms with Crippen LogP contribution in [0.1, 0.15) is 84.8 Å². The molecule has 1 aliphatic heterocycles. The van der Waals surface area contributed by atoms with Crippen molar-refractivity contribution in [1.29, 1.82) is 0 Å². The lowest BCUT2D eigenvalue weighted by Gasteiger charge is -2.39. The van der Waals surface area contributed by atoms with E-state index in [9.17, 15) is 33.9 Å². The largest absolute Gasteiger partial charge is 0.461 e. The van der Waals surface area contributed by atoms with Crippen LogP contribution in [0.3, 0.4) is 0 Å². The summed E-state index contributed by atoms with van der Waals surface area (Å²) in [6.07, 6.45) is 3.85. The number of nitrogens with one attached hydrogen (secondary N) is 1. The third-order valence-corrected chi connectivity index (χ3v) is 11.3.